The van der Waals surface area contributed by atoms with Crippen molar-refractivity contribution in [3.05, 3.63) is 64.9 Å². The Kier molecular flexibility index (Phi) is 7.50. The standard InChI is InChI=1S/C23H27ClN4O2S/c1-27(16-22-25-26-23(31-2)28(22)15-21-7-4-12-29-21)14-17-5-3-6-20(13-17)30-19-10-8-18(24)9-11-19/h3,5-6,8-11,13,21H,4,7,12,14-16H2,1-2H3/t21-/m0/s1. The van der Waals surface area contributed by atoms with Crippen molar-refractivity contribution in [2.24, 2.45) is 0 Å². The van der Waals surface area contributed by atoms with Crippen molar-refractivity contribution in [3.8, 4) is 11.5 Å². The van der Waals surface area contributed by atoms with Gasteiger partial charge in [-0.3, -0.25) is 4.90 Å². The summed E-state index contributed by atoms with van der Waals surface area (Å²) in [6.07, 6.45) is 4.52. The summed E-state index contributed by atoms with van der Waals surface area (Å²) in [6, 6.07) is 15.5. The molecule has 1 aliphatic rings. The van der Waals surface area contributed by atoms with E-state index in [0.29, 0.717) is 11.6 Å². The second-order valence-electron chi connectivity index (χ2n) is 7.72. The maximum Gasteiger partial charge on any atom is 0.191 e. The molecule has 0 unspecified atom stereocenters. The summed E-state index contributed by atoms with van der Waals surface area (Å²) in [5.74, 6) is 2.54. The average molecular weight is 459 g/mol. The van der Waals surface area contributed by atoms with Gasteiger partial charge in [0.15, 0.2) is 5.16 Å². The molecule has 1 fully saturated rings. The molecular formula is C23H27ClN4O2S. The molecule has 0 saturated carbocycles. The summed E-state index contributed by atoms with van der Waals surface area (Å²) in [6.45, 7) is 3.16. The Hall–Kier alpha value is -2.06. The Morgan fingerprint density at radius 2 is 2.00 bits per heavy atom. The number of ether oxygens (including phenoxy) is 2. The van der Waals surface area contributed by atoms with E-state index < -0.39 is 0 Å². The lowest BCUT2D eigenvalue weighted by atomic mass is 10.2. The van der Waals surface area contributed by atoms with Gasteiger partial charge in [-0.1, -0.05) is 35.5 Å². The molecule has 164 valence electrons. The van der Waals surface area contributed by atoms with Crippen LogP contribution in [0.4, 0.5) is 0 Å². The van der Waals surface area contributed by atoms with E-state index in [1.165, 1.54) is 5.56 Å². The smallest absolute Gasteiger partial charge is 0.191 e. The summed E-state index contributed by atoms with van der Waals surface area (Å²) >= 11 is 7.58. The largest absolute Gasteiger partial charge is 0.457 e. The molecule has 8 heteroatoms. The third-order valence-corrected chi connectivity index (χ3v) is 6.12. The van der Waals surface area contributed by atoms with E-state index in [9.17, 15) is 0 Å². The van der Waals surface area contributed by atoms with Crippen LogP contribution in [0, 0.1) is 0 Å². The van der Waals surface area contributed by atoms with E-state index in [-0.39, 0.29) is 6.10 Å². The van der Waals surface area contributed by atoms with Gasteiger partial charge in [0, 0.05) is 18.2 Å². The summed E-state index contributed by atoms with van der Waals surface area (Å²) < 4.78 is 14.0. The van der Waals surface area contributed by atoms with E-state index in [2.05, 4.69) is 38.8 Å². The summed E-state index contributed by atoms with van der Waals surface area (Å²) in [5, 5.41) is 10.5. The molecule has 0 N–H and O–H groups in total. The van der Waals surface area contributed by atoms with Crippen molar-refractivity contribution in [2.75, 3.05) is 19.9 Å². The van der Waals surface area contributed by atoms with Crippen LogP contribution in [0.25, 0.3) is 0 Å². The molecule has 2 heterocycles. The van der Waals surface area contributed by atoms with Gasteiger partial charge in [0.2, 0.25) is 0 Å². The lowest BCUT2D eigenvalue weighted by Crippen LogP contribution is -2.23. The van der Waals surface area contributed by atoms with Crippen LogP contribution < -0.4 is 4.74 Å². The van der Waals surface area contributed by atoms with Crippen LogP contribution in [0.15, 0.2) is 53.7 Å². The number of halogens is 1. The number of benzene rings is 2. The normalized spacial score (nSPS) is 16.2. The van der Waals surface area contributed by atoms with E-state index >= 15 is 0 Å². The van der Waals surface area contributed by atoms with Gasteiger partial charge in [0.05, 0.1) is 19.2 Å². The lowest BCUT2D eigenvalue weighted by Gasteiger charge is -2.19. The van der Waals surface area contributed by atoms with Crippen molar-refractivity contribution in [3.63, 3.8) is 0 Å². The highest BCUT2D eigenvalue weighted by Crippen LogP contribution is 2.25. The SMILES string of the molecule is CSc1nnc(CN(C)Cc2cccc(Oc3ccc(Cl)cc3)c2)n1C[C@@H]1CCCO1. The third-order valence-electron chi connectivity index (χ3n) is 5.20. The third kappa shape index (κ3) is 6.01. The fourth-order valence-corrected chi connectivity index (χ4v) is 4.37. The van der Waals surface area contributed by atoms with Crippen LogP contribution in [0.5, 0.6) is 11.5 Å². The predicted molar refractivity (Wildman–Crippen MR) is 124 cm³/mol. The second-order valence-corrected chi connectivity index (χ2v) is 8.93. The van der Waals surface area contributed by atoms with Crippen molar-refractivity contribution in [2.45, 2.75) is 43.7 Å². The molecule has 2 aromatic carbocycles. The van der Waals surface area contributed by atoms with Crippen LogP contribution in [0.2, 0.25) is 5.02 Å². The first-order valence-corrected chi connectivity index (χ1v) is 12.0. The highest BCUT2D eigenvalue weighted by atomic mass is 35.5. The van der Waals surface area contributed by atoms with Gasteiger partial charge in [-0.25, -0.2) is 0 Å². The number of nitrogens with zero attached hydrogens (tertiary/aromatic N) is 4. The number of aromatic nitrogens is 3. The fraction of sp³-hybridized carbons (Fsp3) is 0.391. The summed E-state index contributed by atoms with van der Waals surface area (Å²) in [4.78, 5) is 2.24. The zero-order chi connectivity index (χ0) is 21.6. The number of thioether (sulfide) groups is 1. The first kappa shape index (κ1) is 22.1. The van der Waals surface area contributed by atoms with Crippen molar-refractivity contribution >= 4 is 23.4 Å². The van der Waals surface area contributed by atoms with Crippen LogP contribution in [0.1, 0.15) is 24.2 Å². The number of rotatable bonds is 9. The Labute approximate surface area is 192 Å². The summed E-state index contributed by atoms with van der Waals surface area (Å²) in [7, 11) is 2.09. The Bertz CT molecular complexity index is 989. The minimum absolute atomic E-state index is 0.257. The molecule has 4 rings (SSSR count). The molecule has 1 aromatic heterocycles. The molecule has 0 amide bonds. The van der Waals surface area contributed by atoms with Gasteiger partial charge in [-0.15, -0.1) is 10.2 Å². The first-order chi connectivity index (χ1) is 15.1. The van der Waals surface area contributed by atoms with Crippen LogP contribution >= 0.6 is 23.4 Å². The topological polar surface area (TPSA) is 52.4 Å². The van der Waals surface area contributed by atoms with E-state index in [1.54, 1.807) is 11.8 Å². The fourth-order valence-electron chi connectivity index (χ4n) is 3.72. The van der Waals surface area contributed by atoms with Gasteiger partial charge >= 0.3 is 0 Å². The Morgan fingerprint density at radius 3 is 2.74 bits per heavy atom. The molecule has 3 aromatic rings. The van der Waals surface area contributed by atoms with Crippen molar-refractivity contribution < 1.29 is 9.47 Å². The highest BCUT2D eigenvalue weighted by molar-refractivity contribution is 7.98. The predicted octanol–water partition coefficient (Wildman–Crippen LogP) is 5.26. The molecule has 0 aliphatic carbocycles. The van der Waals surface area contributed by atoms with Crippen LogP contribution in [-0.4, -0.2) is 45.7 Å². The first-order valence-electron chi connectivity index (χ1n) is 10.4. The maximum absolute atomic E-state index is 5.96. The lowest BCUT2D eigenvalue weighted by molar-refractivity contribution is 0.0934. The maximum atomic E-state index is 5.96. The molecule has 0 radical (unpaired) electrons. The number of hydrogen-bond donors (Lipinski definition) is 0. The zero-order valence-corrected chi connectivity index (χ0v) is 19.4. The molecule has 1 atom stereocenters. The minimum Gasteiger partial charge on any atom is -0.457 e. The average Bonchev–Trinajstić information content (AvgIpc) is 3.41. The Morgan fingerprint density at radius 1 is 1.16 bits per heavy atom. The van der Waals surface area contributed by atoms with Gasteiger partial charge in [0.25, 0.3) is 0 Å². The minimum atomic E-state index is 0.257. The molecule has 6 nitrogen and oxygen atoms in total. The molecule has 0 bridgehead atoms. The molecule has 31 heavy (non-hydrogen) atoms. The van der Waals surface area contributed by atoms with E-state index in [4.69, 9.17) is 21.1 Å². The van der Waals surface area contributed by atoms with Gasteiger partial charge < -0.3 is 14.0 Å². The number of hydrogen-bond acceptors (Lipinski definition) is 6. The van der Waals surface area contributed by atoms with Crippen LogP contribution in [0.3, 0.4) is 0 Å². The molecule has 1 saturated heterocycles. The Balaban J connectivity index is 1.40. The zero-order valence-electron chi connectivity index (χ0n) is 17.8. The van der Waals surface area contributed by atoms with Crippen LogP contribution in [-0.2, 0) is 24.4 Å². The van der Waals surface area contributed by atoms with Crippen molar-refractivity contribution in [1.82, 2.24) is 19.7 Å². The van der Waals surface area contributed by atoms with Gasteiger partial charge in [-0.2, -0.15) is 0 Å². The second kappa shape index (κ2) is 10.5. The molecule has 0 spiro atoms. The van der Waals surface area contributed by atoms with Gasteiger partial charge in [0.1, 0.15) is 17.3 Å². The molecular weight excluding hydrogens is 432 g/mol. The highest BCUT2D eigenvalue weighted by Gasteiger charge is 2.21. The van der Waals surface area contributed by atoms with Crippen molar-refractivity contribution in [1.29, 1.82) is 0 Å². The monoisotopic (exact) mass is 458 g/mol. The van der Waals surface area contributed by atoms with E-state index in [0.717, 1.165) is 55.0 Å². The summed E-state index contributed by atoms with van der Waals surface area (Å²) in [5.41, 5.74) is 1.17. The van der Waals surface area contributed by atoms with E-state index in [1.807, 2.05) is 42.7 Å². The quantitative estimate of drug-likeness (QED) is 0.408. The molecule has 1 aliphatic heterocycles. The van der Waals surface area contributed by atoms with Gasteiger partial charge in [-0.05, 0) is 68.1 Å².